The van der Waals surface area contributed by atoms with Crippen LogP contribution in [0, 0.1) is 0 Å². The van der Waals surface area contributed by atoms with Crippen molar-refractivity contribution in [3.63, 3.8) is 0 Å². The Morgan fingerprint density at radius 2 is 1.67 bits per heavy atom. The third kappa shape index (κ3) is 2.43. The maximum Gasteiger partial charge on any atom is 0.455 e. The molecule has 2 N–H and O–H groups in total. The number of halogens is 3. The maximum absolute atomic E-state index is 11.0. The summed E-state index contributed by atoms with van der Waals surface area (Å²) in [7, 11) is 0. The van der Waals surface area contributed by atoms with Crippen molar-refractivity contribution in [3.05, 3.63) is 0 Å². The molecule has 0 aliphatic carbocycles. The minimum Gasteiger partial charge on any atom is -0.362 e. The summed E-state index contributed by atoms with van der Waals surface area (Å²) in [4.78, 5) is 9.54. The Hall–Kier alpha value is -0.620. The Bertz CT molecular complexity index is 116. The Morgan fingerprint density at radius 1 is 1.33 bits per heavy atom. The Kier molecular flexibility index (Phi) is 2.16. The summed E-state index contributed by atoms with van der Waals surface area (Å²) in [5.41, 5.74) is 0. The van der Waals surface area contributed by atoms with Crippen LogP contribution in [0.3, 0.4) is 0 Å². The fourth-order valence-electron chi connectivity index (χ4n) is 0.146. The first-order valence-electron chi connectivity index (χ1n) is 1.83. The van der Waals surface area contributed by atoms with Gasteiger partial charge in [-0.2, -0.15) is 13.2 Å². The van der Waals surface area contributed by atoms with Crippen molar-refractivity contribution in [2.45, 2.75) is 12.5 Å². The lowest BCUT2D eigenvalue weighted by molar-refractivity contribution is -0.195. The normalized spacial score (nSPS) is 12.2. The van der Waals surface area contributed by atoms with Crippen molar-refractivity contribution in [1.82, 2.24) is 0 Å². The standard InChI is InChI=1S/C3H3F3O3/c4-3(5,6)1(7)2(8)9/h2,8-9H. The summed E-state index contributed by atoms with van der Waals surface area (Å²) in [6.45, 7) is 0. The monoisotopic (exact) mass is 144 g/mol. The van der Waals surface area contributed by atoms with Crippen molar-refractivity contribution in [2.24, 2.45) is 0 Å². The molecule has 0 saturated carbocycles. The van der Waals surface area contributed by atoms with E-state index in [9.17, 15) is 18.0 Å². The molecule has 0 bridgehead atoms. The van der Waals surface area contributed by atoms with Crippen LogP contribution >= 0.6 is 0 Å². The number of aliphatic hydroxyl groups excluding tert-OH is 1. The molecule has 0 spiro atoms. The van der Waals surface area contributed by atoms with Crippen LogP contribution < -0.4 is 0 Å². The van der Waals surface area contributed by atoms with Gasteiger partial charge in [0.2, 0.25) is 6.29 Å². The summed E-state index contributed by atoms with van der Waals surface area (Å²) in [6.07, 6.45) is -8.11. The van der Waals surface area contributed by atoms with E-state index in [1.165, 1.54) is 0 Å². The Morgan fingerprint density at radius 3 is 1.67 bits per heavy atom. The van der Waals surface area contributed by atoms with E-state index >= 15 is 0 Å². The van der Waals surface area contributed by atoms with E-state index in [2.05, 4.69) is 0 Å². The number of hydrogen-bond donors (Lipinski definition) is 2. The zero-order valence-electron chi connectivity index (χ0n) is 4.01. The van der Waals surface area contributed by atoms with E-state index in [1.807, 2.05) is 0 Å². The number of ketones is 1. The van der Waals surface area contributed by atoms with Gasteiger partial charge in [-0.15, -0.1) is 0 Å². The second kappa shape index (κ2) is 2.32. The van der Waals surface area contributed by atoms with E-state index in [-0.39, 0.29) is 0 Å². The smallest absolute Gasteiger partial charge is 0.362 e. The number of aliphatic hydroxyl groups is 2. The number of rotatable bonds is 1. The average molecular weight is 144 g/mol. The quantitative estimate of drug-likeness (QED) is 0.484. The molecule has 6 heteroatoms. The fraction of sp³-hybridized carbons (Fsp3) is 0.667. The molecule has 0 saturated heterocycles. The van der Waals surface area contributed by atoms with Crippen molar-refractivity contribution in [2.75, 3.05) is 0 Å². The van der Waals surface area contributed by atoms with Gasteiger partial charge in [0, 0.05) is 0 Å². The first-order valence-corrected chi connectivity index (χ1v) is 1.83. The second-order valence-corrected chi connectivity index (χ2v) is 1.24. The SMILES string of the molecule is O=C(C(O)O)C(F)(F)F. The molecule has 0 aromatic rings. The van der Waals surface area contributed by atoms with Gasteiger partial charge in [-0.25, -0.2) is 0 Å². The number of carbonyl (C=O) groups excluding carboxylic acids is 1. The Balaban J connectivity index is 4.06. The third-order valence-electron chi connectivity index (χ3n) is 0.514. The zero-order valence-corrected chi connectivity index (χ0v) is 4.01. The molecule has 54 valence electrons. The van der Waals surface area contributed by atoms with Crippen molar-refractivity contribution in [3.8, 4) is 0 Å². The molecule has 0 atom stereocenters. The van der Waals surface area contributed by atoms with E-state index < -0.39 is 18.2 Å². The number of alkyl halides is 3. The molecule has 0 rings (SSSR count). The molecule has 0 aliphatic heterocycles. The van der Waals surface area contributed by atoms with E-state index in [4.69, 9.17) is 10.2 Å². The van der Waals surface area contributed by atoms with Crippen LogP contribution in [0.4, 0.5) is 13.2 Å². The van der Waals surface area contributed by atoms with Crippen LogP contribution in [-0.4, -0.2) is 28.5 Å². The minimum atomic E-state index is -5.16. The Labute approximate surface area is 47.7 Å². The highest BCUT2D eigenvalue weighted by atomic mass is 19.4. The lowest BCUT2D eigenvalue weighted by Gasteiger charge is -2.04. The molecule has 0 fully saturated rings. The number of Topliss-reactive ketones (excluding diaryl/α,β-unsaturated/α-hetero) is 1. The maximum atomic E-state index is 11.0. The van der Waals surface area contributed by atoms with Gasteiger partial charge in [-0.05, 0) is 0 Å². The summed E-state index contributed by atoms with van der Waals surface area (Å²) in [6, 6.07) is 0. The highest BCUT2D eigenvalue weighted by Gasteiger charge is 2.42. The van der Waals surface area contributed by atoms with E-state index in [0.717, 1.165) is 0 Å². The molecule has 0 heterocycles. The molecule has 0 aromatic heterocycles. The second-order valence-electron chi connectivity index (χ2n) is 1.24. The summed E-state index contributed by atoms with van der Waals surface area (Å²) < 4.78 is 33.1. The third-order valence-corrected chi connectivity index (χ3v) is 0.514. The van der Waals surface area contributed by atoms with Crippen LogP contribution in [0.5, 0.6) is 0 Å². The van der Waals surface area contributed by atoms with Gasteiger partial charge >= 0.3 is 6.18 Å². The predicted octanol–water partition coefficient (Wildman–Crippen LogP) is -0.571. The molecule has 0 aliphatic rings. The van der Waals surface area contributed by atoms with Gasteiger partial charge in [-0.3, -0.25) is 4.79 Å². The van der Waals surface area contributed by atoms with Gasteiger partial charge in [0.1, 0.15) is 0 Å². The summed E-state index contributed by atoms with van der Waals surface area (Å²) in [5.74, 6) is -2.55. The predicted molar refractivity (Wildman–Crippen MR) is 19.3 cm³/mol. The van der Waals surface area contributed by atoms with Crippen molar-refractivity contribution >= 4 is 5.78 Å². The molecular formula is C3H3F3O3. The molecule has 0 radical (unpaired) electrons. The molecule has 0 amide bonds. The number of carbonyl (C=O) groups is 1. The van der Waals surface area contributed by atoms with Gasteiger partial charge < -0.3 is 10.2 Å². The van der Waals surface area contributed by atoms with E-state index in [1.54, 1.807) is 0 Å². The van der Waals surface area contributed by atoms with Gasteiger partial charge in [0.15, 0.2) is 0 Å². The summed E-state index contributed by atoms with van der Waals surface area (Å²) in [5, 5.41) is 15.3. The first-order chi connectivity index (χ1) is 3.85. The van der Waals surface area contributed by atoms with Crippen LogP contribution in [0.2, 0.25) is 0 Å². The topological polar surface area (TPSA) is 57.5 Å². The highest BCUT2D eigenvalue weighted by molar-refractivity contribution is 5.86. The lowest BCUT2D eigenvalue weighted by atomic mass is 10.4. The van der Waals surface area contributed by atoms with Crippen LogP contribution in [0.25, 0.3) is 0 Å². The van der Waals surface area contributed by atoms with E-state index in [0.29, 0.717) is 0 Å². The van der Waals surface area contributed by atoms with Crippen molar-refractivity contribution in [1.29, 1.82) is 0 Å². The molecule has 0 unspecified atom stereocenters. The lowest BCUT2D eigenvalue weighted by Crippen LogP contribution is -2.33. The van der Waals surface area contributed by atoms with Crippen LogP contribution in [0.15, 0.2) is 0 Å². The number of hydrogen-bond acceptors (Lipinski definition) is 3. The van der Waals surface area contributed by atoms with Crippen molar-refractivity contribution < 1.29 is 28.2 Å². The zero-order chi connectivity index (χ0) is 7.65. The highest BCUT2D eigenvalue weighted by Crippen LogP contribution is 2.16. The molecule has 3 nitrogen and oxygen atoms in total. The molecular weight excluding hydrogens is 141 g/mol. The van der Waals surface area contributed by atoms with Gasteiger partial charge in [-0.1, -0.05) is 0 Å². The van der Waals surface area contributed by atoms with Gasteiger partial charge in [0.25, 0.3) is 5.78 Å². The summed E-state index contributed by atoms with van der Waals surface area (Å²) >= 11 is 0. The van der Waals surface area contributed by atoms with Crippen LogP contribution in [-0.2, 0) is 4.79 Å². The van der Waals surface area contributed by atoms with Gasteiger partial charge in [0.05, 0.1) is 0 Å². The largest absolute Gasteiger partial charge is 0.455 e. The molecule has 0 aromatic carbocycles. The van der Waals surface area contributed by atoms with Crippen LogP contribution in [0.1, 0.15) is 0 Å². The minimum absolute atomic E-state index is 2.55. The average Bonchev–Trinajstić information content (AvgIpc) is 1.62. The molecule has 9 heavy (non-hydrogen) atoms. The first kappa shape index (κ1) is 8.38. The fourth-order valence-corrected chi connectivity index (χ4v) is 0.146.